The number of esters is 1. The second kappa shape index (κ2) is 22.0. The predicted octanol–water partition coefficient (Wildman–Crippen LogP) is 8.52. The van der Waals surface area contributed by atoms with Gasteiger partial charge in [0.25, 0.3) is 5.91 Å². The van der Waals surface area contributed by atoms with Gasteiger partial charge in [-0.15, -0.1) is 0 Å². The van der Waals surface area contributed by atoms with Gasteiger partial charge in [0.1, 0.15) is 30.3 Å². The number of nitrogens with zero attached hydrogens (tertiary/aromatic N) is 3. The molecule has 3 aromatic carbocycles. The average Bonchev–Trinajstić information content (AvgIpc) is 4.19. The van der Waals surface area contributed by atoms with Gasteiger partial charge in [-0.25, -0.2) is 4.79 Å². The van der Waals surface area contributed by atoms with Crippen LogP contribution in [0.15, 0.2) is 54.6 Å². The zero-order valence-corrected chi connectivity index (χ0v) is 39.7. The normalized spacial score (nSPS) is 19.4. The van der Waals surface area contributed by atoms with Crippen LogP contribution < -0.4 is 14.2 Å². The lowest BCUT2D eigenvalue weighted by atomic mass is 9.79. The van der Waals surface area contributed by atoms with Crippen LogP contribution in [0.25, 0.3) is 0 Å². The number of halogens is 2. The van der Waals surface area contributed by atoms with Gasteiger partial charge in [0.15, 0.2) is 12.4 Å². The second-order valence-corrected chi connectivity index (χ2v) is 19.2. The van der Waals surface area contributed by atoms with Crippen molar-refractivity contribution in [2.75, 3.05) is 67.3 Å². The van der Waals surface area contributed by atoms with Crippen molar-refractivity contribution in [3.8, 4) is 17.2 Å². The van der Waals surface area contributed by atoms with E-state index in [1.807, 2.05) is 69.0 Å². The van der Waals surface area contributed by atoms with E-state index in [1.54, 1.807) is 38.2 Å². The molecule has 0 N–H and O–H groups in total. The fraction of sp³-hybridized carbons (Fsp3) is 0.551. The highest BCUT2D eigenvalue weighted by Gasteiger charge is 2.46. The molecule has 1 aliphatic heterocycles. The highest BCUT2D eigenvalue weighted by atomic mass is 35.5. The molecule has 64 heavy (non-hydrogen) atoms. The lowest BCUT2D eigenvalue weighted by molar-refractivity contribution is -0.152. The van der Waals surface area contributed by atoms with Crippen LogP contribution in [0.5, 0.6) is 17.2 Å². The number of piperidine rings is 1. The van der Waals surface area contributed by atoms with E-state index in [9.17, 15) is 14.4 Å². The summed E-state index contributed by atoms with van der Waals surface area (Å²) in [5, 5.41) is 0.886. The molecule has 6 rings (SSSR count). The summed E-state index contributed by atoms with van der Waals surface area (Å²) in [6.07, 6.45) is 4.14. The largest absolute Gasteiger partial charge is 0.493 e. The molecule has 3 aliphatic rings. The van der Waals surface area contributed by atoms with Gasteiger partial charge < -0.3 is 43.1 Å². The number of likely N-dealkylation sites (N-methyl/N-ethyl adjacent to an activating group) is 1. The number of hydrogen-bond acceptors (Lipinski definition) is 10. The van der Waals surface area contributed by atoms with E-state index in [0.29, 0.717) is 66.4 Å². The van der Waals surface area contributed by atoms with Crippen LogP contribution in [0.2, 0.25) is 10.0 Å². The van der Waals surface area contributed by atoms with E-state index >= 15 is 4.79 Å². The highest BCUT2D eigenvalue weighted by molar-refractivity contribution is 6.37. The van der Waals surface area contributed by atoms with Crippen LogP contribution in [-0.4, -0.2) is 118 Å². The highest BCUT2D eigenvalue weighted by Crippen LogP contribution is 2.41. The summed E-state index contributed by atoms with van der Waals surface area (Å²) < 4.78 is 34.5. The number of carbonyl (C=O) groups excluding carboxylic acids is 4. The molecule has 15 heteroatoms. The average molecular weight is 925 g/mol. The maximum atomic E-state index is 15.1. The summed E-state index contributed by atoms with van der Waals surface area (Å²) in [5.74, 6) is 0.0741. The zero-order valence-electron chi connectivity index (χ0n) is 38.2. The summed E-state index contributed by atoms with van der Waals surface area (Å²) in [7, 11) is 4.92. The van der Waals surface area contributed by atoms with Gasteiger partial charge in [-0.2, -0.15) is 0 Å². The van der Waals surface area contributed by atoms with E-state index in [2.05, 4.69) is 6.07 Å². The van der Waals surface area contributed by atoms with Gasteiger partial charge in [0.2, 0.25) is 5.91 Å². The van der Waals surface area contributed by atoms with Crippen molar-refractivity contribution in [2.45, 2.75) is 90.3 Å². The monoisotopic (exact) mass is 923 g/mol. The Morgan fingerprint density at radius 2 is 1.52 bits per heavy atom. The van der Waals surface area contributed by atoms with Gasteiger partial charge in [0.05, 0.1) is 28.5 Å². The van der Waals surface area contributed by atoms with Crippen LogP contribution in [0.4, 0.5) is 4.79 Å². The molecule has 3 fully saturated rings. The number of aryl methyl sites for hydroxylation is 2. The molecule has 0 radical (unpaired) electrons. The van der Waals surface area contributed by atoms with Gasteiger partial charge in [-0.1, -0.05) is 41.4 Å². The van der Waals surface area contributed by atoms with E-state index < -0.39 is 17.6 Å². The molecule has 0 spiro atoms. The van der Waals surface area contributed by atoms with E-state index in [1.165, 1.54) is 4.90 Å². The third-order valence-electron chi connectivity index (χ3n) is 11.6. The van der Waals surface area contributed by atoms with Gasteiger partial charge in [0, 0.05) is 59.4 Å². The van der Waals surface area contributed by atoms with Crippen LogP contribution in [-0.2, 0) is 41.6 Å². The molecule has 0 bridgehead atoms. The molecular weight excluding hydrogens is 861 g/mol. The van der Waals surface area contributed by atoms with Crippen molar-refractivity contribution in [3.63, 3.8) is 0 Å². The number of hydrogen-bond donors (Lipinski definition) is 0. The summed E-state index contributed by atoms with van der Waals surface area (Å²) in [5.41, 5.74) is 3.24. The Kier molecular flexibility index (Phi) is 16.7. The molecule has 0 aromatic heterocycles. The molecule has 13 nitrogen and oxygen atoms in total. The Morgan fingerprint density at radius 3 is 2.17 bits per heavy atom. The third kappa shape index (κ3) is 13.9. The Bertz CT molecular complexity index is 2080. The number of carbonyl (C=O) groups is 4. The van der Waals surface area contributed by atoms with E-state index in [-0.39, 0.29) is 67.9 Å². The molecule has 1 saturated heterocycles. The Hall–Kier alpha value is -4.72. The van der Waals surface area contributed by atoms with E-state index in [4.69, 9.17) is 51.6 Å². The second-order valence-electron chi connectivity index (χ2n) is 18.3. The SMILES string of the molecule is COCCCc1cc(CN(C(=O)[C@H]2CN(C(=O)OC(C)(C)C)CC[C@@H]2c2ccc(OCCOc3c(Cl)cc(C)cc3Cl)cc2)C2CC2)cc(OC[C@@H]2C[C@H]2C(=O)OCC(=O)N(C)C)c1. The minimum Gasteiger partial charge on any atom is -0.493 e. The molecule has 3 amide bonds. The first-order valence-corrected chi connectivity index (χ1v) is 23.0. The predicted molar refractivity (Wildman–Crippen MR) is 244 cm³/mol. The van der Waals surface area contributed by atoms with E-state index in [0.717, 1.165) is 47.9 Å². The number of rotatable bonds is 20. The maximum absolute atomic E-state index is 15.1. The topological polar surface area (TPSA) is 133 Å². The Balaban J connectivity index is 1.16. The van der Waals surface area contributed by atoms with Gasteiger partial charge in [-0.3, -0.25) is 14.4 Å². The molecule has 0 unspecified atom stereocenters. The number of ether oxygens (including phenoxy) is 6. The number of likely N-dealkylation sites (tertiary alicyclic amines) is 1. The summed E-state index contributed by atoms with van der Waals surface area (Å²) in [6, 6.07) is 17.6. The minimum absolute atomic E-state index is 0.00833. The van der Waals surface area contributed by atoms with Crippen molar-refractivity contribution in [1.82, 2.24) is 14.7 Å². The Labute approximate surface area is 387 Å². The fourth-order valence-corrected chi connectivity index (χ4v) is 8.68. The van der Waals surface area contributed by atoms with Crippen molar-refractivity contribution >= 4 is 47.1 Å². The third-order valence-corrected chi connectivity index (χ3v) is 12.2. The molecule has 2 aliphatic carbocycles. The van der Waals surface area contributed by atoms with Crippen molar-refractivity contribution in [3.05, 3.63) is 86.9 Å². The van der Waals surface area contributed by atoms with Crippen LogP contribution in [0, 0.1) is 24.7 Å². The lowest BCUT2D eigenvalue weighted by Gasteiger charge is -2.40. The molecule has 3 aromatic rings. The lowest BCUT2D eigenvalue weighted by Crippen LogP contribution is -2.51. The number of amides is 3. The first-order chi connectivity index (χ1) is 30.5. The Morgan fingerprint density at radius 1 is 0.828 bits per heavy atom. The smallest absolute Gasteiger partial charge is 0.410 e. The minimum atomic E-state index is -0.683. The fourth-order valence-electron chi connectivity index (χ4n) is 7.98. The van der Waals surface area contributed by atoms with Crippen LogP contribution >= 0.6 is 23.2 Å². The molecule has 1 heterocycles. The van der Waals surface area contributed by atoms with Crippen LogP contribution in [0.3, 0.4) is 0 Å². The van der Waals surface area contributed by atoms with Gasteiger partial charge in [-0.05, 0) is 131 Å². The van der Waals surface area contributed by atoms with Gasteiger partial charge >= 0.3 is 12.1 Å². The quantitative estimate of drug-likeness (QED) is 0.0803. The van der Waals surface area contributed by atoms with Crippen molar-refractivity contribution < 1.29 is 47.6 Å². The maximum Gasteiger partial charge on any atom is 0.410 e. The first kappa shape index (κ1) is 48.7. The standard InChI is InChI=1S/C49H63Cl2N3O10/c1-31-21-42(50)45(43(51)22-31)61-20-19-60-37-14-10-34(11-15-37)39-16-17-53(48(58)64-49(2,3)4)28-41(39)46(56)54(36-12-13-36)27-33-23-32(9-8-18-59-7)24-38(25-33)62-29-35-26-40(35)47(57)63-30-44(55)52(5)6/h10-11,14-15,21-25,35-36,39-41H,8-9,12-13,16-20,26-30H2,1-7H3/t35-,39+,40+,41-/m0/s1. The van der Waals surface area contributed by atoms with Crippen molar-refractivity contribution in [2.24, 2.45) is 17.8 Å². The summed E-state index contributed by atoms with van der Waals surface area (Å²) >= 11 is 12.7. The summed E-state index contributed by atoms with van der Waals surface area (Å²) in [6.45, 7) is 9.64. The summed E-state index contributed by atoms with van der Waals surface area (Å²) in [4.78, 5) is 58.1. The van der Waals surface area contributed by atoms with Crippen LogP contribution in [0.1, 0.15) is 81.0 Å². The molecule has 2 saturated carbocycles. The van der Waals surface area contributed by atoms with Crippen molar-refractivity contribution in [1.29, 1.82) is 0 Å². The molecule has 348 valence electrons. The molecular formula is C49H63Cl2N3O10. The first-order valence-electron chi connectivity index (χ1n) is 22.2. The zero-order chi connectivity index (χ0) is 46.1. The number of methoxy groups -OCH3 is 1. The number of benzene rings is 3. The molecule has 4 atom stereocenters.